The van der Waals surface area contributed by atoms with Crippen molar-refractivity contribution in [3.8, 4) is 11.3 Å². The fourth-order valence-corrected chi connectivity index (χ4v) is 2.99. The average Bonchev–Trinajstić information content (AvgIpc) is 2.64. The highest BCUT2D eigenvalue weighted by Crippen LogP contribution is 2.43. The van der Waals surface area contributed by atoms with Crippen LogP contribution in [0.2, 0.25) is 0 Å². The molecule has 1 heterocycles. The summed E-state index contributed by atoms with van der Waals surface area (Å²) in [6, 6.07) is 3.68. The first-order valence-corrected chi connectivity index (χ1v) is 9.92. The number of aromatic nitrogens is 1. The lowest BCUT2D eigenvalue weighted by Crippen LogP contribution is -2.53. The van der Waals surface area contributed by atoms with Gasteiger partial charge >= 0.3 is 12.3 Å². The molecule has 0 fully saturated rings. The molecule has 1 aromatic heterocycles. The van der Waals surface area contributed by atoms with Crippen molar-refractivity contribution < 1.29 is 46.1 Å². The van der Waals surface area contributed by atoms with Gasteiger partial charge in [0.2, 0.25) is 5.60 Å². The fourth-order valence-electron chi connectivity index (χ4n) is 2.99. The van der Waals surface area contributed by atoms with E-state index in [0.717, 1.165) is 38.1 Å². The van der Waals surface area contributed by atoms with Gasteiger partial charge in [0.05, 0.1) is 17.7 Å². The molecular weight excluding hydrogens is 470 g/mol. The Balaban J connectivity index is 2.76. The molecule has 0 saturated carbocycles. The Bertz CT molecular complexity index is 1060. The van der Waals surface area contributed by atoms with Crippen LogP contribution in [0.1, 0.15) is 45.9 Å². The smallest absolute Gasteiger partial charge is 0.424 e. The number of pyridine rings is 1. The largest absolute Gasteiger partial charge is 0.444 e. The second-order valence-electron chi connectivity index (χ2n) is 9.09. The lowest BCUT2D eigenvalue weighted by molar-refractivity contribution is -0.266. The molecule has 0 aliphatic rings. The summed E-state index contributed by atoms with van der Waals surface area (Å²) in [4.78, 5) is 15.3. The van der Waals surface area contributed by atoms with Gasteiger partial charge in [0, 0.05) is 5.56 Å². The van der Waals surface area contributed by atoms with Crippen molar-refractivity contribution in [3.05, 3.63) is 53.0 Å². The maximum Gasteiger partial charge on any atom is 0.424 e. The number of nitrogens with zero attached hydrogens (tertiary/aromatic N) is 1. The molecule has 0 aliphatic heterocycles. The number of benzene rings is 1. The maximum atomic E-state index is 15.3. The first-order valence-electron chi connectivity index (χ1n) is 9.92. The minimum Gasteiger partial charge on any atom is -0.444 e. The summed E-state index contributed by atoms with van der Waals surface area (Å²) in [5.74, 6) is -4.23. The van der Waals surface area contributed by atoms with Crippen molar-refractivity contribution in [1.29, 1.82) is 0 Å². The number of hydrogen-bond donors (Lipinski definition) is 3. The minimum atomic E-state index is -5.62. The zero-order valence-electron chi connectivity index (χ0n) is 18.9. The number of ether oxygens (including phenoxy) is 1. The Labute approximate surface area is 191 Å². The van der Waals surface area contributed by atoms with Crippen LogP contribution in [-0.4, -0.2) is 39.6 Å². The highest BCUT2D eigenvalue weighted by molar-refractivity contribution is 5.68. The topological polar surface area (TPSA) is 91.7 Å². The molecular formula is C22H24F6N2O4. The molecule has 2 rings (SSSR count). The number of carbonyl (C=O) groups is 1. The number of alkyl carbamates (subject to hydrolysis) is 1. The molecule has 1 atom stereocenters. The molecule has 0 saturated heterocycles. The van der Waals surface area contributed by atoms with Crippen molar-refractivity contribution in [2.45, 2.75) is 57.6 Å². The molecule has 0 spiro atoms. The lowest BCUT2D eigenvalue weighted by atomic mass is 9.89. The van der Waals surface area contributed by atoms with Gasteiger partial charge in [0.1, 0.15) is 22.8 Å². The molecule has 1 aromatic carbocycles. The second-order valence-corrected chi connectivity index (χ2v) is 9.09. The van der Waals surface area contributed by atoms with Crippen LogP contribution >= 0.6 is 0 Å². The molecule has 0 radical (unpaired) electrons. The molecule has 6 nitrogen and oxygen atoms in total. The SMILES string of the molecule is CC(C)(C)OC(=O)NCC(O)(c1nc(-c2ccc(F)cc2)c(F)c(C(C)(C)O)c1F)C(F)(F)F. The second kappa shape index (κ2) is 9.06. The summed E-state index contributed by atoms with van der Waals surface area (Å²) in [5.41, 5.74) is -11.7. The number of aliphatic hydroxyl groups is 2. The number of hydrogen-bond acceptors (Lipinski definition) is 5. The fraction of sp³-hybridized carbons (Fsp3) is 0.455. The van der Waals surface area contributed by atoms with Gasteiger partial charge in [-0.05, 0) is 58.9 Å². The molecule has 3 N–H and O–H groups in total. The highest BCUT2D eigenvalue weighted by atomic mass is 19.4. The van der Waals surface area contributed by atoms with Gasteiger partial charge < -0.3 is 20.3 Å². The Morgan fingerprint density at radius 2 is 1.50 bits per heavy atom. The summed E-state index contributed by atoms with van der Waals surface area (Å²) in [5, 5.41) is 22.6. The normalized spacial score (nSPS) is 14.5. The van der Waals surface area contributed by atoms with Crippen LogP contribution < -0.4 is 5.32 Å². The van der Waals surface area contributed by atoms with Crippen molar-refractivity contribution in [3.63, 3.8) is 0 Å². The van der Waals surface area contributed by atoms with E-state index in [1.165, 1.54) is 20.8 Å². The molecule has 12 heteroatoms. The molecule has 188 valence electrons. The van der Waals surface area contributed by atoms with Crippen LogP contribution in [0.3, 0.4) is 0 Å². The number of carbonyl (C=O) groups excluding carboxylic acids is 1. The zero-order chi connectivity index (χ0) is 26.3. The van der Waals surface area contributed by atoms with Crippen LogP contribution in [0, 0.1) is 17.5 Å². The van der Waals surface area contributed by atoms with Gasteiger partial charge in [-0.1, -0.05) is 0 Å². The van der Waals surface area contributed by atoms with Crippen LogP contribution in [0.25, 0.3) is 11.3 Å². The monoisotopic (exact) mass is 494 g/mol. The third kappa shape index (κ3) is 5.79. The maximum absolute atomic E-state index is 15.3. The number of amides is 1. The van der Waals surface area contributed by atoms with Gasteiger partial charge in [0.15, 0.2) is 11.6 Å². The molecule has 2 aromatic rings. The van der Waals surface area contributed by atoms with Crippen molar-refractivity contribution in [2.24, 2.45) is 0 Å². The number of rotatable bonds is 5. The summed E-state index contributed by atoms with van der Waals surface area (Å²) in [7, 11) is 0. The van der Waals surface area contributed by atoms with E-state index in [4.69, 9.17) is 4.74 Å². The lowest BCUT2D eigenvalue weighted by Gasteiger charge is -2.33. The van der Waals surface area contributed by atoms with Crippen LogP contribution in [0.5, 0.6) is 0 Å². The van der Waals surface area contributed by atoms with E-state index in [2.05, 4.69) is 4.98 Å². The van der Waals surface area contributed by atoms with E-state index in [1.54, 1.807) is 5.32 Å². The summed E-state index contributed by atoms with van der Waals surface area (Å²) in [6.07, 6.45) is -6.97. The van der Waals surface area contributed by atoms with Gasteiger partial charge in [-0.2, -0.15) is 13.2 Å². The van der Waals surface area contributed by atoms with E-state index in [0.29, 0.717) is 0 Å². The van der Waals surface area contributed by atoms with Crippen LogP contribution in [0.4, 0.5) is 31.1 Å². The van der Waals surface area contributed by atoms with Crippen molar-refractivity contribution in [2.75, 3.05) is 6.54 Å². The summed E-state index contributed by atoms with van der Waals surface area (Å²) >= 11 is 0. The van der Waals surface area contributed by atoms with Gasteiger partial charge in [-0.3, -0.25) is 0 Å². The Morgan fingerprint density at radius 1 is 0.971 bits per heavy atom. The van der Waals surface area contributed by atoms with Crippen molar-refractivity contribution in [1.82, 2.24) is 10.3 Å². The predicted molar refractivity (Wildman–Crippen MR) is 109 cm³/mol. The van der Waals surface area contributed by atoms with Gasteiger partial charge in [0.25, 0.3) is 0 Å². The average molecular weight is 494 g/mol. The predicted octanol–water partition coefficient (Wildman–Crippen LogP) is 4.67. The third-order valence-corrected chi connectivity index (χ3v) is 4.56. The van der Waals surface area contributed by atoms with Crippen LogP contribution in [-0.2, 0) is 15.9 Å². The van der Waals surface area contributed by atoms with Gasteiger partial charge in [-0.15, -0.1) is 0 Å². The number of nitrogens with one attached hydrogen (secondary N) is 1. The van der Waals surface area contributed by atoms with Crippen LogP contribution in [0.15, 0.2) is 24.3 Å². The standard InChI is InChI=1S/C22H24F6N2O4/c1-19(2,3)34-18(31)29-10-21(33,22(26,27)28)17-15(25)13(20(4,5)32)14(24)16(30-17)11-6-8-12(23)9-7-11/h6-9,32-33H,10H2,1-5H3,(H,29,31). The zero-order valence-corrected chi connectivity index (χ0v) is 18.9. The molecule has 0 bridgehead atoms. The van der Waals surface area contributed by atoms with Crippen molar-refractivity contribution >= 4 is 6.09 Å². The third-order valence-electron chi connectivity index (χ3n) is 4.56. The summed E-state index contributed by atoms with van der Waals surface area (Å²) in [6.45, 7) is 4.50. The first kappa shape index (κ1) is 27.4. The molecule has 34 heavy (non-hydrogen) atoms. The minimum absolute atomic E-state index is 0.254. The Hall–Kier alpha value is -2.86. The quantitative estimate of drug-likeness (QED) is 0.526. The molecule has 1 amide bonds. The van der Waals surface area contributed by atoms with Gasteiger partial charge in [-0.25, -0.2) is 22.9 Å². The van der Waals surface area contributed by atoms with E-state index < -0.39 is 70.0 Å². The Morgan fingerprint density at radius 3 is 1.94 bits per heavy atom. The van der Waals surface area contributed by atoms with E-state index in [1.807, 2.05) is 0 Å². The number of halogens is 6. The Kier molecular flexibility index (Phi) is 7.30. The first-order chi connectivity index (χ1) is 15.3. The summed E-state index contributed by atoms with van der Waals surface area (Å²) < 4.78 is 90.6. The number of alkyl halides is 3. The molecule has 1 unspecified atom stereocenters. The van der Waals surface area contributed by atoms with E-state index in [9.17, 15) is 32.6 Å². The van der Waals surface area contributed by atoms with E-state index >= 15 is 8.78 Å². The molecule has 0 aliphatic carbocycles. The highest BCUT2D eigenvalue weighted by Gasteiger charge is 2.58. The van der Waals surface area contributed by atoms with E-state index in [-0.39, 0.29) is 5.56 Å².